The van der Waals surface area contributed by atoms with Crippen molar-refractivity contribution in [2.24, 2.45) is 17.8 Å². The van der Waals surface area contributed by atoms with Gasteiger partial charge in [0.2, 0.25) is 0 Å². The van der Waals surface area contributed by atoms with E-state index in [4.69, 9.17) is 18.9 Å². The van der Waals surface area contributed by atoms with E-state index in [1.807, 2.05) is 0 Å². The molecule has 1 amide bonds. The number of nitrogens with zero attached hydrogens (tertiary/aromatic N) is 2. The second kappa shape index (κ2) is 8.82. The van der Waals surface area contributed by atoms with Gasteiger partial charge in [0, 0.05) is 20.2 Å². The lowest BCUT2D eigenvalue weighted by Gasteiger charge is -2.45. The molecule has 1 saturated carbocycles. The Hall–Kier alpha value is -1.03. The van der Waals surface area contributed by atoms with Crippen molar-refractivity contribution in [3.05, 3.63) is 0 Å². The van der Waals surface area contributed by atoms with Gasteiger partial charge in [-0.15, -0.1) is 0 Å². The van der Waals surface area contributed by atoms with Crippen LogP contribution in [-0.4, -0.2) is 97.8 Å². The summed E-state index contributed by atoms with van der Waals surface area (Å²) in [7, 11) is 1.69. The number of hydrogen-bond donors (Lipinski definition) is 0. The van der Waals surface area contributed by atoms with Crippen LogP contribution in [0.2, 0.25) is 0 Å². The summed E-state index contributed by atoms with van der Waals surface area (Å²) < 4.78 is 50.1. The number of methoxy groups -OCH3 is 1. The average Bonchev–Trinajstić information content (AvgIpc) is 3.62. The quantitative estimate of drug-likeness (QED) is 0.465. The molecule has 34 heavy (non-hydrogen) atoms. The Bertz CT molecular complexity index is 764. The van der Waals surface area contributed by atoms with Crippen LogP contribution in [0.4, 0.5) is 13.6 Å². The standard InChI is InChI=1S/C25H40F2N2O5/c1-16(2)5-6-19-23(3,34-19)21-20(31-4)18(7-9-24(21)15-32-24)33-22(30)29-11-17(12-29)8-10-28-13-25(26,27)14-28/h16-21H,5-15H2,1-4H3/t18-,19-,20-,21-,23+,24+/m1/s1. The maximum Gasteiger partial charge on any atom is 0.410 e. The van der Waals surface area contributed by atoms with Crippen molar-refractivity contribution in [3.63, 3.8) is 0 Å². The smallest absolute Gasteiger partial charge is 0.410 e. The number of alkyl halides is 2. The predicted molar refractivity (Wildman–Crippen MR) is 121 cm³/mol. The van der Waals surface area contributed by atoms with E-state index in [9.17, 15) is 13.6 Å². The van der Waals surface area contributed by atoms with Crippen LogP contribution in [0.3, 0.4) is 0 Å². The highest BCUT2D eigenvalue weighted by Gasteiger charge is 2.72. The van der Waals surface area contributed by atoms with Gasteiger partial charge in [0.15, 0.2) is 0 Å². The van der Waals surface area contributed by atoms with Gasteiger partial charge >= 0.3 is 6.09 Å². The SMILES string of the molecule is CO[C@@H]1[C@H](OC(=O)N2CC(CCN3CC(F)(F)C3)C2)CC[C@]2(CO2)[C@H]1[C@@]1(C)O[C@@H]1CCC(C)C. The van der Waals surface area contributed by atoms with Gasteiger partial charge in [-0.2, -0.15) is 0 Å². The molecule has 0 aromatic heterocycles. The Balaban J connectivity index is 1.12. The molecular weight excluding hydrogens is 446 g/mol. The number of carbonyl (C=O) groups is 1. The van der Waals surface area contributed by atoms with E-state index in [1.165, 1.54) is 0 Å². The maximum absolute atomic E-state index is 13.0. The third-order valence-corrected chi connectivity index (χ3v) is 8.73. The summed E-state index contributed by atoms with van der Waals surface area (Å²) in [5, 5.41) is 0. The first-order valence-electron chi connectivity index (χ1n) is 13.0. The Morgan fingerprint density at radius 3 is 2.50 bits per heavy atom. The molecule has 5 aliphatic rings. The molecule has 0 bridgehead atoms. The van der Waals surface area contributed by atoms with Gasteiger partial charge < -0.3 is 23.8 Å². The summed E-state index contributed by atoms with van der Waals surface area (Å²) in [6, 6.07) is 0. The molecule has 0 unspecified atom stereocenters. The summed E-state index contributed by atoms with van der Waals surface area (Å²) >= 11 is 0. The average molecular weight is 487 g/mol. The number of likely N-dealkylation sites (tertiary alicyclic amines) is 2. The maximum atomic E-state index is 13.0. The summed E-state index contributed by atoms with van der Waals surface area (Å²) in [5.41, 5.74) is -0.535. The molecule has 7 nitrogen and oxygen atoms in total. The van der Waals surface area contributed by atoms with E-state index < -0.39 is 5.92 Å². The number of ether oxygens (including phenoxy) is 4. The molecule has 9 heteroatoms. The van der Waals surface area contributed by atoms with Crippen LogP contribution in [0.15, 0.2) is 0 Å². The van der Waals surface area contributed by atoms with Crippen molar-refractivity contribution in [2.75, 3.05) is 46.4 Å². The topological polar surface area (TPSA) is 67.1 Å². The first-order valence-corrected chi connectivity index (χ1v) is 13.0. The van der Waals surface area contributed by atoms with Crippen molar-refractivity contribution < 1.29 is 32.5 Å². The number of epoxide rings is 2. The molecule has 0 N–H and O–H groups in total. The van der Waals surface area contributed by atoms with Crippen LogP contribution in [0, 0.1) is 17.8 Å². The van der Waals surface area contributed by atoms with Crippen molar-refractivity contribution in [1.29, 1.82) is 0 Å². The second-order valence-electron chi connectivity index (χ2n) is 11.9. The van der Waals surface area contributed by atoms with Crippen molar-refractivity contribution >= 4 is 6.09 Å². The fourth-order valence-corrected chi connectivity index (χ4v) is 6.51. The molecule has 0 aromatic carbocycles. The zero-order valence-electron chi connectivity index (χ0n) is 20.9. The zero-order chi connectivity index (χ0) is 24.3. The van der Waals surface area contributed by atoms with Gasteiger partial charge in [0.05, 0.1) is 31.7 Å². The third kappa shape index (κ3) is 4.70. The van der Waals surface area contributed by atoms with Crippen LogP contribution < -0.4 is 0 Å². The predicted octanol–water partition coefficient (Wildman–Crippen LogP) is 3.55. The Morgan fingerprint density at radius 2 is 1.91 bits per heavy atom. The normalized spacial score (nSPS) is 41.3. The lowest BCUT2D eigenvalue weighted by atomic mass is 9.68. The molecular formula is C25H40F2N2O5. The molecule has 4 aliphatic heterocycles. The fraction of sp³-hybridized carbons (Fsp3) is 0.960. The van der Waals surface area contributed by atoms with Gasteiger partial charge in [0.1, 0.15) is 23.4 Å². The van der Waals surface area contributed by atoms with Gasteiger partial charge in [-0.05, 0) is 57.4 Å². The van der Waals surface area contributed by atoms with Gasteiger partial charge in [-0.1, -0.05) is 13.8 Å². The molecule has 1 aliphatic carbocycles. The number of amides is 1. The molecule has 194 valence electrons. The highest BCUT2D eigenvalue weighted by Crippen LogP contribution is 2.59. The Morgan fingerprint density at radius 1 is 1.21 bits per heavy atom. The lowest BCUT2D eigenvalue weighted by molar-refractivity contribution is -0.133. The largest absolute Gasteiger partial charge is 0.443 e. The van der Waals surface area contributed by atoms with E-state index in [0.717, 1.165) is 25.7 Å². The van der Waals surface area contributed by atoms with Crippen molar-refractivity contribution in [3.8, 4) is 0 Å². The summed E-state index contributed by atoms with van der Waals surface area (Å²) in [4.78, 5) is 16.4. The van der Waals surface area contributed by atoms with Crippen LogP contribution >= 0.6 is 0 Å². The Kier molecular flexibility index (Phi) is 6.39. The number of halogens is 2. The lowest BCUT2D eigenvalue weighted by Crippen LogP contribution is -2.59. The molecule has 0 radical (unpaired) electrons. The third-order valence-electron chi connectivity index (χ3n) is 8.73. The Labute approximate surface area is 201 Å². The highest BCUT2D eigenvalue weighted by molar-refractivity contribution is 5.69. The first kappa shape index (κ1) is 24.7. The molecule has 5 rings (SSSR count). The monoisotopic (exact) mass is 486 g/mol. The van der Waals surface area contributed by atoms with Crippen LogP contribution in [-0.2, 0) is 18.9 Å². The minimum Gasteiger partial charge on any atom is -0.443 e. The first-order chi connectivity index (χ1) is 16.1. The molecule has 4 saturated heterocycles. The molecule has 4 heterocycles. The van der Waals surface area contributed by atoms with E-state index >= 15 is 0 Å². The van der Waals surface area contributed by atoms with Crippen molar-refractivity contribution in [2.45, 2.75) is 88.3 Å². The van der Waals surface area contributed by atoms with E-state index in [2.05, 4.69) is 20.8 Å². The number of hydrogen-bond acceptors (Lipinski definition) is 6. The second-order valence-corrected chi connectivity index (χ2v) is 11.9. The van der Waals surface area contributed by atoms with Gasteiger partial charge in [-0.25, -0.2) is 13.6 Å². The molecule has 1 spiro atoms. The van der Waals surface area contributed by atoms with Gasteiger partial charge in [0.25, 0.3) is 5.92 Å². The van der Waals surface area contributed by atoms with Crippen LogP contribution in [0.25, 0.3) is 0 Å². The molecule has 0 aromatic rings. The summed E-state index contributed by atoms with van der Waals surface area (Å²) in [6.45, 7) is 8.97. The minimum absolute atomic E-state index is 0.0347. The summed E-state index contributed by atoms with van der Waals surface area (Å²) in [5.74, 6) is -1.51. The zero-order valence-corrected chi connectivity index (χ0v) is 20.9. The number of carbonyl (C=O) groups excluding carboxylic acids is 1. The van der Waals surface area contributed by atoms with Gasteiger partial charge in [-0.3, -0.25) is 4.90 Å². The number of rotatable bonds is 9. The van der Waals surface area contributed by atoms with Crippen LogP contribution in [0.1, 0.15) is 52.9 Å². The highest BCUT2D eigenvalue weighted by atomic mass is 19.3. The van der Waals surface area contributed by atoms with E-state index in [1.54, 1.807) is 16.9 Å². The van der Waals surface area contributed by atoms with Crippen LogP contribution in [0.5, 0.6) is 0 Å². The van der Waals surface area contributed by atoms with E-state index in [0.29, 0.717) is 44.5 Å². The van der Waals surface area contributed by atoms with Crippen molar-refractivity contribution in [1.82, 2.24) is 9.80 Å². The summed E-state index contributed by atoms with van der Waals surface area (Å²) in [6.07, 6.45) is 3.82. The molecule has 6 atom stereocenters. The van der Waals surface area contributed by atoms with E-state index in [-0.39, 0.29) is 54.6 Å². The minimum atomic E-state index is -2.52. The molecule has 5 fully saturated rings. The fourth-order valence-electron chi connectivity index (χ4n) is 6.51.